The molecular formula is C28H41NO4. The van der Waals surface area contributed by atoms with Gasteiger partial charge in [-0.05, 0) is 63.5 Å². The van der Waals surface area contributed by atoms with E-state index in [9.17, 15) is 15.0 Å². The van der Waals surface area contributed by atoms with Crippen molar-refractivity contribution in [2.75, 3.05) is 20.3 Å². The molecule has 182 valence electrons. The first-order valence-electron chi connectivity index (χ1n) is 12.2. The lowest BCUT2D eigenvalue weighted by molar-refractivity contribution is -0.135. The average Bonchev–Trinajstić information content (AvgIpc) is 3.24. The van der Waals surface area contributed by atoms with E-state index in [1.807, 2.05) is 52.1 Å². The predicted molar refractivity (Wildman–Crippen MR) is 132 cm³/mol. The Morgan fingerprint density at radius 1 is 1.33 bits per heavy atom. The van der Waals surface area contributed by atoms with Crippen LogP contribution in [0.15, 0.2) is 48.1 Å². The minimum atomic E-state index is -0.556. The van der Waals surface area contributed by atoms with Gasteiger partial charge in [-0.2, -0.15) is 0 Å². The SMILES string of the molecule is Cc1cccc(C[C@H](O)C=C[C@@H]2[C@H]3CC(COCCC(=O)N(C)C(C)(C)C)=C[C@H]3C[C@H]2O)c1. The van der Waals surface area contributed by atoms with Crippen LogP contribution in [0.2, 0.25) is 0 Å². The molecule has 5 nitrogen and oxygen atoms in total. The van der Waals surface area contributed by atoms with Gasteiger partial charge >= 0.3 is 0 Å². The quantitative estimate of drug-likeness (QED) is 0.435. The molecule has 5 heteroatoms. The van der Waals surface area contributed by atoms with Crippen LogP contribution in [0.5, 0.6) is 0 Å². The summed E-state index contributed by atoms with van der Waals surface area (Å²) < 4.78 is 5.82. The molecule has 0 spiro atoms. The third-order valence-corrected chi connectivity index (χ3v) is 7.16. The summed E-state index contributed by atoms with van der Waals surface area (Å²) >= 11 is 0. The van der Waals surface area contributed by atoms with Crippen LogP contribution >= 0.6 is 0 Å². The third-order valence-electron chi connectivity index (χ3n) is 7.16. The van der Waals surface area contributed by atoms with E-state index in [1.54, 1.807) is 4.90 Å². The summed E-state index contributed by atoms with van der Waals surface area (Å²) in [5.41, 5.74) is 3.38. The number of benzene rings is 1. The molecule has 33 heavy (non-hydrogen) atoms. The topological polar surface area (TPSA) is 70.0 Å². The van der Waals surface area contributed by atoms with Gasteiger partial charge in [-0.3, -0.25) is 4.79 Å². The van der Waals surface area contributed by atoms with Gasteiger partial charge in [-0.25, -0.2) is 0 Å². The summed E-state index contributed by atoms with van der Waals surface area (Å²) in [5, 5.41) is 21.1. The van der Waals surface area contributed by atoms with Crippen molar-refractivity contribution < 1.29 is 19.7 Å². The molecule has 2 aliphatic carbocycles. The van der Waals surface area contributed by atoms with E-state index in [-0.39, 0.29) is 23.5 Å². The molecule has 2 aliphatic rings. The maximum absolute atomic E-state index is 12.3. The predicted octanol–water partition coefficient (Wildman–Crippen LogP) is 4.06. The van der Waals surface area contributed by atoms with Gasteiger partial charge in [0.2, 0.25) is 5.91 Å². The maximum atomic E-state index is 12.3. The summed E-state index contributed by atoms with van der Waals surface area (Å²) in [7, 11) is 1.83. The molecule has 0 unspecified atom stereocenters. The zero-order chi connectivity index (χ0) is 24.2. The summed E-state index contributed by atoms with van der Waals surface area (Å²) in [5.74, 6) is 0.862. The first kappa shape index (κ1) is 25.7. The lowest BCUT2D eigenvalue weighted by Gasteiger charge is -2.32. The Kier molecular flexibility index (Phi) is 8.54. The van der Waals surface area contributed by atoms with Gasteiger partial charge in [-0.15, -0.1) is 0 Å². The summed E-state index contributed by atoms with van der Waals surface area (Å²) in [6.45, 7) is 9.08. The molecule has 1 saturated carbocycles. The molecule has 3 rings (SSSR count). The largest absolute Gasteiger partial charge is 0.392 e. The number of aliphatic hydroxyl groups is 2. The monoisotopic (exact) mass is 455 g/mol. The van der Waals surface area contributed by atoms with Gasteiger partial charge in [-0.1, -0.05) is 48.1 Å². The normalized spacial score (nSPS) is 25.8. The molecule has 1 amide bonds. The molecule has 1 aromatic rings. The van der Waals surface area contributed by atoms with Crippen LogP contribution in [-0.4, -0.2) is 59.0 Å². The van der Waals surface area contributed by atoms with E-state index in [2.05, 4.69) is 25.1 Å². The number of ether oxygens (including phenoxy) is 1. The lowest BCUT2D eigenvalue weighted by atomic mass is 9.89. The minimum Gasteiger partial charge on any atom is -0.392 e. The zero-order valence-corrected chi connectivity index (χ0v) is 20.8. The molecule has 0 saturated heterocycles. The Morgan fingerprint density at radius 2 is 2.09 bits per heavy atom. The number of hydrogen-bond donors (Lipinski definition) is 2. The van der Waals surface area contributed by atoms with E-state index < -0.39 is 6.10 Å². The molecule has 5 atom stereocenters. The lowest BCUT2D eigenvalue weighted by Crippen LogP contribution is -2.42. The second-order valence-electron chi connectivity index (χ2n) is 10.8. The highest BCUT2D eigenvalue weighted by atomic mass is 16.5. The number of amides is 1. The van der Waals surface area contributed by atoms with Crippen LogP contribution in [0.1, 0.15) is 51.2 Å². The number of rotatable bonds is 9. The van der Waals surface area contributed by atoms with Crippen molar-refractivity contribution in [1.82, 2.24) is 4.90 Å². The van der Waals surface area contributed by atoms with Crippen molar-refractivity contribution in [1.29, 1.82) is 0 Å². The number of carbonyl (C=O) groups excluding carboxylic acids is 1. The van der Waals surface area contributed by atoms with E-state index in [1.165, 1.54) is 11.1 Å². The van der Waals surface area contributed by atoms with Crippen LogP contribution in [-0.2, 0) is 16.0 Å². The van der Waals surface area contributed by atoms with Crippen LogP contribution in [0.3, 0.4) is 0 Å². The van der Waals surface area contributed by atoms with Crippen LogP contribution in [0, 0.1) is 24.7 Å². The van der Waals surface area contributed by atoms with Crippen LogP contribution in [0.25, 0.3) is 0 Å². The zero-order valence-electron chi connectivity index (χ0n) is 20.8. The summed E-state index contributed by atoms with van der Waals surface area (Å²) in [4.78, 5) is 14.0. The van der Waals surface area contributed by atoms with Crippen LogP contribution in [0.4, 0.5) is 0 Å². The molecule has 0 aromatic heterocycles. The number of aryl methyl sites for hydroxylation is 1. The standard InChI is InChI=1S/C28H41NO4/c1-19-7-6-8-20(13-19)15-23(30)9-10-24-25-16-21(14-22(25)17-26(24)31)18-33-12-11-27(32)29(5)28(2,3)4/h6-10,13-14,22-26,30-31H,11-12,15-18H2,1-5H3/t22-,23+,24+,25-,26+/m0/s1. The van der Waals surface area contributed by atoms with Gasteiger partial charge in [0.1, 0.15) is 0 Å². The van der Waals surface area contributed by atoms with Gasteiger partial charge in [0.15, 0.2) is 0 Å². The highest BCUT2D eigenvalue weighted by Crippen LogP contribution is 2.47. The van der Waals surface area contributed by atoms with Gasteiger partial charge in [0, 0.05) is 24.9 Å². The average molecular weight is 456 g/mol. The molecule has 0 bridgehead atoms. The van der Waals surface area contributed by atoms with Gasteiger partial charge in [0.25, 0.3) is 0 Å². The molecular weight excluding hydrogens is 414 g/mol. The minimum absolute atomic E-state index is 0.0536. The number of hydrogen-bond acceptors (Lipinski definition) is 4. The fourth-order valence-electron chi connectivity index (χ4n) is 5.02. The second kappa shape index (κ2) is 11.0. The number of carbonyl (C=O) groups is 1. The first-order chi connectivity index (χ1) is 15.5. The number of aliphatic hydroxyl groups excluding tert-OH is 2. The van der Waals surface area contributed by atoms with Crippen molar-refractivity contribution in [3.63, 3.8) is 0 Å². The van der Waals surface area contributed by atoms with Gasteiger partial charge in [0.05, 0.1) is 31.8 Å². The molecule has 0 aliphatic heterocycles. The number of fused-ring (bicyclic) bond motifs is 1. The molecule has 2 N–H and O–H groups in total. The first-order valence-corrected chi connectivity index (χ1v) is 12.2. The molecule has 1 fully saturated rings. The third kappa shape index (κ3) is 7.02. The van der Waals surface area contributed by atoms with E-state index in [0.29, 0.717) is 37.9 Å². The molecule has 0 radical (unpaired) electrons. The number of allylic oxidation sites excluding steroid dienone is 1. The number of nitrogens with zero attached hydrogens (tertiary/aromatic N) is 1. The van der Waals surface area contributed by atoms with Crippen molar-refractivity contribution in [3.8, 4) is 0 Å². The smallest absolute Gasteiger partial charge is 0.225 e. The highest BCUT2D eigenvalue weighted by Gasteiger charge is 2.43. The molecule has 0 heterocycles. The Balaban J connectivity index is 1.45. The summed E-state index contributed by atoms with van der Waals surface area (Å²) in [6, 6.07) is 8.20. The van der Waals surface area contributed by atoms with Crippen molar-refractivity contribution >= 4 is 5.91 Å². The fraction of sp³-hybridized carbons (Fsp3) is 0.607. The van der Waals surface area contributed by atoms with Crippen molar-refractivity contribution in [2.45, 2.75) is 71.1 Å². The summed E-state index contributed by atoms with van der Waals surface area (Å²) in [6.07, 6.45) is 7.83. The second-order valence-corrected chi connectivity index (χ2v) is 10.8. The Hall–Kier alpha value is -1.95. The van der Waals surface area contributed by atoms with Crippen molar-refractivity contribution in [2.24, 2.45) is 17.8 Å². The fourth-order valence-corrected chi connectivity index (χ4v) is 5.02. The highest BCUT2D eigenvalue weighted by molar-refractivity contribution is 5.76. The van der Waals surface area contributed by atoms with E-state index in [4.69, 9.17) is 4.74 Å². The molecule has 1 aromatic carbocycles. The van der Waals surface area contributed by atoms with E-state index >= 15 is 0 Å². The Labute approximate surface area is 199 Å². The van der Waals surface area contributed by atoms with E-state index in [0.717, 1.165) is 18.4 Å². The van der Waals surface area contributed by atoms with Gasteiger partial charge < -0.3 is 19.8 Å². The Morgan fingerprint density at radius 3 is 2.79 bits per heavy atom. The van der Waals surface area contributed by atoms with Crippen LogP contribution < -0.4 is 0 Å². The van der Waals surface area contributed by atoms with Crippen molar-refractivity contribution in [3.05, 3.63) is 59.2 Å². The Bertz CT molecular complexity index is 869. The maximum Gasteiger partial charge on any atom is 0.225 e.